The van der Waals surface area contributed by atoms with E-state index < -0.39 is 10.0 Å². The van der Waals surface area contributed by atoms with Crippen molar-refractivity contribution in [2.24, 2.45) is 5.92 Å². The topological polar surface area (TPSA) is 78.5 Å². The normalized spacial score (nSPS) is 21.3. The molecule has 1 saturated heterocycles. The molecular weight excluding hydrogens is 386 g/mol. The minimum Gasteiger partial charge on any atom is -0.352 e. The molecule has 1 atom stereocenters. The fourth-order valence-corrected chi connectivity index (χ4v) is 5.74. The summed E-state index contributed by atoms with van der Waals surface area (Å²) >= 11 is 0. The fraction of sp³-hybridized carbons (Fsp3) is 0.682. The monoisotopic (exact) mass is 421 g/mol. The second-order valence-electron chi connectivity index (χ2n) is 8.64. The van der Waals surface area contributed by atoms with Gasteiger partial charge in [-0.25, -0.2) is 13.1 Å². The van der Waals surface area contributed by atoms with Crippen LogP contribution in [0.1, 0.15) is 68.6 Å². The molecule has 3 rings (SSSR count). The fourth-order valence-electron chi connectivity index (χ4n) is 4.39. The molecule has 2 aliphatic rings. The van der Waals surface area contributed by atoms with Gasteiger partial charge in [-0.15, -0.1) is 0 Å². The second-order valence-corrected chi connectivity index (χ2v) is 10.4. The summed E-state index contributed by atoms with van der Waals surface area (Å²) in [6, 6.07) is 6.34. The van der Waals surface area contributed by atoms with Crippen molar-refractivity contribution in [1.82, 2.24) is 14.9 Å². The Bertz CT molecular complexity index is 775. The lowest BCUT2D eigenvalue weighted by Gasteiger charge is -2.30. The minimum atomic E-state index is -3.58. The van der Waals surface area contributed by atoms with Crippen molar-refractivity contribution in [3.63, 3.8) is 0 Å². The number of carbonyl (C=O) groups is 1. The summed E-state index contributed by atoms with van der Waals surface area (Å²) in [6.45, 7) is 6.37. The van der Waals surface area contributed by atoms with E-state index >= 15 is 0 Å². The van der Waals surface area contributed by atoms with Gasteiger partial charge in [0.2, 0.25) is 10.0 Å². The molecule has 0 aromatic heterocycles. The third kappa shape index (κ3) is 6.79. The van der Waals surface area contributed by atoms with Crippen molar-refractivity contribution in [2.75, 3.05) is 26.2 Å². The summed E-state index contributed by atoms with van der Waals surface area (Å²) in [4.78, 5) is 15.1. The van der Waals surface area contributed by atoms with Crippen molar-refractivity contribution in [1.29, 1.82) is 0 Å². The molecule has 162 valence electrons. The van der Waals surface area contributed by atoms with Crippen LogP contribution in [0.2, 0.25) is 0 Å². The van der Waals surface area contributed by atoms with E-state index in [-0.39, 0.29) is 16.8 Å². The van der Waals surface area contributed by atoms with Crippen molar-refractivity contribution in [2.45, 2.75) is 69.2 Å². The van der Waals surface area contributed by atoms with Gasteiger partial charge in [-0.1, -0.05) is 25.8 Å². The van der Waals surface area contributed by atoms with Crippen LogP contribution in [-0.4, -0.2) is 51.4 Å². The molecule has 1 saturated carbocycles. The summed E-state index contributed by atoms with van der Waals surface area (Å²) in [5.41, 5.74) is 0.393. The van der Waals surface area contributed by atoms with Crippen molar-refractivity contribution >= 4 is 15.9 Å². The molecule has 1 amide bonds. The first-order valence-corrected chi connectivity index (χ1v) is 12.6. The molecule has 7 heteroatoms. The number of likely N-dealkylation sites (tertiary alicyclic amines) is 1. The van der Waals surface area contributed by atoms with Crippen LogP contribution in [0.4, 0.5) is 0 Å². The Balaban J connectivity index is 1.44. The van der Waals surface area contributed by atoms with Gasteiger partial charge in [0.15, 0.2) is 0 Å². The van der Waals surface area contributed by atoms with E-state index in [0.717, 1.165) is 51.0 Å². The first kappa shape index (κ1) is 22.2. The molecule has 1 aliphatic heterocycles. The lowest BCUT2D eigenvalue weighted by Crippen LogP contribution is -2.35. The quantitative estimate of drug-likeness (QED) is 0.601. The molecular formula is C22H35N3O3S. The number of rotatable bonds is 9. The molecule has 0 bridgehead atoms. The number of piperidine rings is 1. The number of amides is 1. The van der Waals surface area contributed by atoms with Crippen molar-refractivity contribution in [3.8, 4) is 0 Å². The predicted octanol–water partition coefficient (Wildman–Crippen LogP) is 3.15. The predicted molar refractivity (Wildman–Crippen MR) is 115 cm³/mol. The van der Waals surface area contributed by atoms with E-state index in [9.17, 15) is 13.2 Å². The molecule has 0 unspecified atom stereocenters. The lowest BCUT2D eigenvalue weighted by molar-refractivity contribution is 0.0952. The number of benzene rings is 1. The Hall–Kier alpha value is -1.44. The van der Waals surface area contributed by atoms with Gasteiger partial charge in [-0.05, 0) is 75.7 Å². The number of hydrogen-bond acceptors (Lipinski definition) is 4. The standard InChI is InChI=1S/C22H35N3O3S/c1-18-8-7-15-25(17-18)14-5-4-13-23-22(26)19-9-6-12-21(16-19)29(27,28)24-20-10-2-3-11-20/h6,9,12,16,18,20,24H,2-5,7-8,10-11,13-15,17H2,1H3,(H,23,26)/t18-/m0/s1. The van der Waals surface area contributed by atoms with Crippen LogP contribution in [0.3, 0.4) is 0 Å². The number of unbranched alkanes of at least 4 members (excludes halogenated alkanes) is 1. The highest BCUT2D eigenvalue weighted by molar-refractivity contribution is 7.89. The Morgan fingerprint density at radius 3 is 2.69 bits per heavy atom. The molecule has 29 heavy (non-hydrogen) atoms. The Morgan fingerprint density at radius 1 is 1.14 bits per heavy atom. The van der Waals surface area contributed by atoms with E-state index in [4.69, 9.17) is 0 Å². The minimum absolute atomic E-state index is 0.0142. The largest absolute Gasteiger partial charge is 0.352 e. The third-order valence-electron chi connectivity index (χ3n) is 6.01. The van der Waals surface area contributed by atoms with Gasteiger partial charge in [0.1, 0.15) is 0 Å². The van der Waals surface area contributed by atoms with E-state index in [1.165, 1.54) is 32.0 Å². The number of hydrogen-bond donors (Lipinski definition) is 2. The second kappa shape index (κ2) is 10.5. The van der Waals surface area contributed by atoms with Crippen LogP contribution in [0.15, 0.2) is 29.2 Å². The molecule has 1 heterocycles. The summed E-state index contributed by atoms with van der Waals surface area (Å²) in [5, 5.41) is 2.92. The maximum Gasteiger partial charge on any atom is 0.251 e. The van der Waals surface area contributed by atoms with E-state index in [2.05, 4.69) is 21.9 Å². The molecule has 1 aromatic carbocycles. The Kier molecular flexibility index (Phi) is 8.09. The summed E-state index contributed by atoms with van der Waals surface area (Å²) in [5.74, 6) is 0.574. The maximum absolute atomic E-state index is 12.6. The Labute approximate surface area is 175 Å². The zero-order valence-corrected chi connectivity index (χ0v) is 18.3. The van der Waals surface area contributed by atoms with Crippen LogP contribution in [0, 0.1) is 5.92 Å². The maximum atomic E-state index is 12.6. The highest BCUT2D eigenvalue weighted by Crippen LogP contribution is 2.21. The molecule has 2 N–H and O–H groups in total. The molecule has 1 aliphatic carbocycles. The van der Waals surface area contributed by atoms with Crippen LogP contribution in [-0.2, 0) is 10.0 Å². The zero-order chi connectivity index (χ0) is 20.7. The van der Waals surface area contributed by atoms with Crippen molar-refractivity contribution < 1.29 is 13.2 Å². The van der Waals surface area contributed by atoms with Gasteiger partial charge in [0.05, 0.1) is 4.90 Å². The average molecular weight is 422 g/mol. The van der Waals surface area contributed by atoms with E-state index in [0.29, 0.717) is 12.1 Å². The average Bonchev–Trinajstić information content (AvgIpc) is 3.20. The van der Waals surface area contributed by atoms with Crippen LogP contribution in [0.25, 0.3) is 0 Å². The summed E-state index contributed by atoms with van der Waals surface area (Å²) in [6.07, 6.45) is 8.50. The molecule has 1 aromatic rings. The van der Waals surface area contributed by atoms with E-state index in [1.807, 2.05) is 0 Å². The first-order valence-electron chi connectivity index (χ1n) is 11.1. The van der Waals surface area contributed by atoms with Gasteiger partial charge in [0.25, 0.3) is 5.91 Å². The number of sulfonamides is 1. The van der Waals surface area contributed by atoms with Gasteiger partial charge < -0.3 is 10.2 Å². The smallest absolute Gasteiger partial charge is 0.251 e. The molecule has 2 fully saturated rings. The van der Waals surface area contributed by atoms with Gasteiger partial charge in [-0.3, -0.25) is 4.79 Å². The molecule has 0 spiro atoms. The zero-order valence-electron chi connectivity index (χ0n) is 17.5. The van der Waals surface area contributed by atoms with Crippen molar-refractivity contribution in [3.05, 3.63) is 29.8 Å². The highest BCUT2D eigenvalue weighted by Gasteiger charge is 2.23. The van der Waals surface area contributed by atoms with Gasteiger partial charge in [-0.2, -0.15) is 0 Å². The Morgan fingerprint density at radius 2 is 1.93 bits per heavy atom. The molecule has 0 radical (unpaired) electrons. The first-order chi connectivity index (χ1) is 13.9. The highest BCUT2D eigenvalue weighted by atomic mass is 32.2. The molecule has 6 nitrogen and oxygen atoms in total. The van der Waals surface area contributed by atoms with Crippen LogP contribution < -0.4 is 10.0 Å². The number of nitrogens with one attached hydrogen (secondary N) is 2. The summed E-state index contributed by atoms with van der Waals surface area (Å²) in [7, 11) is -3.58. The van der Waals surface area contributed by atoms with Gasteiger partial charge in [0, 0.05) is 24.7 Å². The van der Waals surface area contributed by atoms with Crippen LogP contribution >= 0.6 is 0 Å². The SMILES string of the molecule is C[C@H]1CCCN(CCCCNC(=O)c2cccc(S(=O)(=O)NC3CCCC3)c2)C1. The number of nitrogens with zero attached hydrogens (tertiary/aromatic N) is 1. The lowest BCUT2D eigenvalue weighted by atomic mass is 10.0. The van der Waals surface area contributed by atoms with E-state index in [1.54, 1.807) is 18.2 Å². The third-order valence-corrected chi connectivity index (χ3v) is 7.53. The number of carbonyl (C=O) groups excluding carboxylic acids is 1. The van der Waals surface area contributed by atoms with Crippen LogP contribution in [0.5, 0.6) is 0 Å². The summed E-state index contributed by atoms with van der Waals surface area (Å²) < 4.78 is 27.9. The van der Waals surface area contributed by atoms with Gasteiger partial charge >= 0.3 is 0 Å².